The lowest BCUT2D eigenvalue weighted by molar-refractivity contribution is 0.140. The number of nitrogens with two attached hydrogens (primary N) is 1. The third kappa shape index (κ3) is 2.87. The van der Waals surface area contributed by atoms with Crippen LogP contribution in [0.3, 0.4) is 0 Å². The molecule has 0 heterocycles. The van der Waals surface area contributed by atoms with Crippen LogP contribution in [0.4, 0.5) is 0 Å². The van der Waals surface area contributed by atoms with Crippen LogP contribution < -0.4 is 15.4 Å². The molecule has 1 aromatic rings. The maximum Gasteiger partial charge on any atom is 0.122 e. The van der Waals surface area contributed by atoms with Crippen LogP contribution in [0.5, 0.6) is 11.5 Å². The first-order valence-corrected chi connectivity index (χ1v) is 5.32. The largest absolute Gasteiger partial charge is 0.496 e. The number of hydrogen-bond acceptors (Lipinski definition) is 4. The van der Waals surface area contributed by atoms with Crippen molar-refractivity contribution in [2.45, 2.75) is 19.8 Å². The molecule has 0 bridgehead atoms. The molecule has 0 atom stereocenters. The van der Waals surface area contributed by atoms with Gasteiger partial charge in [0.15, 0.2) is 0 Å². The van der Waals surface area contributed by atoms with Crippen molar-refractivity contribution in [3.8, 4) is 11.5 Å². The van der Waals surface area contributed by atoms with E-state index in [9.17, 15) is 0 Å². The SMILES string of the molecule is CCc1cc(OC)c(CCON)cc1OC. The predicted molar refractivity (Wildman–Crippen MR) is 62.8 cm³/mol. The molecule has 0 spiro atoms. The van der Waals surface area contributed by atoms with Crippen molar-refractivity contribution >= 4 is 0 Å². The molecule has 4 nitrogen and oxygen atoms in total. The molecule has 0 aliphatic heterocycles. The molecule has 1 rings (SSSR count). The van der Waals surface area contributed by atoms with E-state index in [2.05, 4.69) is 11.8 Å². The van der Waals surface area contributed by atoms with Crippen LogP contribution in [0.2, 0.25) is 0 Å². The van der Waals surface area contributed by atoms with Crippen molar-refractivity contribution < 1.29 is 14.3 Å². The van der Waals surface area contributed by atoms with Crippen LogP contribution in [0.15, 0.2) is 12.1 Å². The van der Waals surface area contributed by atoms with Gasteiger partial charge in [-0.1, -0.05) is 6.92 Å². The van der Waals surface area contributed by atoms with Crippen LogP contribution in [-0.4, -0.2) is 20.8 Å². The molecule has 4 heteroatoms. The minimum absolute atomic E-state index is 0.463. The summed E-state index contributed by atoms with van der Waals surface area (Å²) >= 11 is 0. The Labute approximate surface area is 96.3 Å². The quantitative estimate of drug-likeness (QED) is 0.749. The van der Waals surface area contributed by atoms with E-state index in [-0.39, 0.29) is 0 Å². The summed E-state index contributed by atoms with van der Waals surface area (Å²) in [5.41, 5.74) is 2.18. The molecule has 2 N–H and O–H groups in total. The third-order valence-electron chi connectivity index (χ3n) is 2.55. The molecular weight excluding hydrogens is 206 g/mol. The van der Waals surface area contributed by atoms with E-state index in [0.717, 1.165) is 29.0 Å². The Balaban J connectivity index is 3.05. The summed E-state index contributed by atoms with van der Waals surface area (Å²) in [4.78, 5) is 4.58. The van der Waals surface area contributed by atoms with Gasteiger partial charge in [0.25, 0.3) is 0 Å². The van der Waals surface area contributed by atoms with Crippen LogP contribution >= 0.6 is 0 Å². The Bertz CT molecular complexity index is 339. The second kappa shape index (κ2) is 6.35. The zero-order valence-electron chi connectivity index (χ0n) is 10.1. The summed E-state index contributed by atoms with van der Waals surface area (Å²) in [5.74, 6) is 6.76. The van der Waals surface area contributed by atoms with E-state index in [1.807, 2.05) is 12.1 Å². The summed E-state index contributed by atoms with van der Waals surface area (Å²) in [6.07, 6.45) is 1.62. The second-order valence-corrected chi connectivity index (χ2v) is 3.45. The molecule has 1 aromatic carbocycles. The van der Waals surface area contributed by atoms with Gasteiger partial charge in [-0.2, -0.15) is 0 Å². The molecule has 0 unspecified atom stereocenters. The smallest absolute Gasteiger partial charge is 0.122 e. The van der Waals surface area contributed by atoms with Gasteiger partial charge in [0.05, 0.1) is 20.8 Å². The minimum Gasteiger partial charge on any atom is -0.496 e. The van der Waals surface area contributed by atoms with Crippen molar-refractivity contribution in [2.24, 2.45) is 5.90 Å². The van der Waals surface area contributed by atoms with Gasteiger partial charge in [-0.25, -0.2) is 5.90 Å². The molecule has 90 valence electrons. The highest BCUT2D eigenvalue weighted by Gasteiger charge is 2.09. The van der Waals surface area contributed by atoms with Gasteiger partial charge in [-0.15, -0.1) is 0 Å². The van der Waals surface area contributed by atoms with Crippen molar-refractivity contribution in [1.29, 1.82) is 0 Å². The molecule has 0 fully saturated rings. The molecule has 0 aliphatic carbocycles. The Hall–Kier alpha value is -1.26. The summed E-state index contributed by atoms with van der Waals surface area (Å²) in [7, 11) is 3.33. The fourth-order valence-electron chi connectivity index (χ4n) is 1.66. The molecule has 0 amide bonds. The molecular formula is C12H19NO3. The van der Waals surface area contributed by atoms with Crippen molar-refractivity contribution in [1.82, 2.24) is 0 Å². The van der Waals surface area contributed by atoms with Gasteiger partial charge < -0.3 is 14.3 Å². The van der Waals surface area contributed by atoms with Gasteiger partial charge >= 0.3 is 0 Å². The Morgan fingerprint density at radius 1 is 1.06 bits per heavy atom. The first-order valence-electron chi connectivity index (χ1n) is 5.32. The minimum atomic E-state index is 0.463. The van der Waals surface area contributed by atoms with Crippen molar-refractivity contribution in [3.63, 3.8) is 0 Å². The normalized spacial score (nSPS) is 10.2. The lowest BCUT2D eigenvalue weighted by atomic mass is 10.0. The highest BCUT2D eigenvalue weighted by Crippen LogP contribution is 2.29. The van der Waals surface area contributed by atoms with Crippen LogP contribution in [0.25, 0.3) is 0 Å². The van der Waals surface area contributed by atoms with E-state index < -0.39 is 0 Å². The van der Waals surface area contributed by atoms with E-state index in [1.165, 1.54) is 0 Å². The Morgan fingerprint density at radius 2 is 1.62 bits per heavy atom. The van der Waals surface area contributed by atoms with E-state index in [1.54, 1.807) is 14.2 Å². The lowest BCUT2D eigenvalue weighted by Gasteiger charge is -2.13. The first kappa shape index (κ1) is 12.8. The first-order chi connectivity index (χ1) is 7.76. The van der Waals surface area contributed by atoms with Crippen LogP contribution in [0.1, 0.15) is 18.1 Å². The topological polar surface area (TPSA) is 53.7 Å². The van der Waals surface area contributed by atoms with E-state index >= 15 is 0 Å². The molecule has 0 aliphatic rings. The van der Waals surface area contributed by atoms with E-state index in [0.29, 0.717) is 13.0 Å². The Morgan fingerprint density at radius 3 is 2.12 bits per heavy atom. The van der Waals surface area contributed by atoms with Crippen LogP contribution in [-0.2, 0) is 17.7 Å². The fourth-order valence-corrected chi connectivity index (χ4v) is 1.66. The average Bonchev–Trinajstić information content (AvgIpc) is 2.35. The zero-order chi connectivity index (χ0) is 12.0. The summed E-state index contributed by atoms with van der Waals surface area (Å²) < 4.78 is 10.7. The standard InChI is InChI=1S/C12H19NO3/c1-4-9-7-12(15-3)10(5-6-16-13)8-11(9)14-2/h7-8H,4-6,13H2,1-3H3. The van der Waals surface area contributed by atoms with Crippen LogP contribution in [0, 0.1) is 0 Å². The molecule has 0 saturated heterocycles. The van der Waals surface area contributed by atoms with Gasteiger partial charge in [-0.3, -0.25) is 0 Å². The average molecular weight is 225 g/mol. The number of hydrogen-bond donors (Lipinski definition) is 1. The maximum absolute atomic E-state index is 5.33. The zero-order valence-corrected chi connectivity index (χ0v) is 10.1. The second-order valence-electron chi connectivity index (χ2n) is 3.45. The fraction of sp³-hybridized carbons (Fsp3) is 0.500. The van der Waals surface area contributed by atoms with Crippen molar-refractivity contribution in [3.05, 3.63) is 23.3 Å². The highest BCUT2D eigenvalue weighted by molar-refractivity contribution is 5.46. The Kier molecular flexibility index (Phi) is 5.08. The molecule has 0 saturated carbocycles. The molecule has 16 heavy (non-hydrogen) atoms. The summed E-state index contributed by atoms with van der Waals surface area (Å²) in [6, 6.07) is 3.99. The number of ether oxygens (including phenoxy) is 2. The summed E-state index contributed by atoms with van der Waals surface area (Å²) in [6.45, 7) is 2.55. The maximum atomic E-state index is 5.33. The van der Waals surface area contributed by atoms with E-state index in [4.69, 9.17) is 15.4 Å². The van der Waals surface area contributed by atoms with Gasteiger partial charge in [0.1, 0.15) is 11.5 Å². The molecule has 0 aromatic heterocycles. The van der Waals surface area contributed by atoms with Gasteiger partial charge in [0, 0.05) is 12.0 Å². The molecule has 0 radical (unpaired) electrons. The van der Waals surface area contributed by atoms with Gasteiger partial charge in [-0.05, 0) is 24.1 Å². The monoisotopic (exact) mass is 225 g/mol. The number of methoxy groups -OCH3 is 2. The number of aryl methyl sites for hydroxylation is 1. The number of rotatable bonds is 6. The highest BCUT2D eigenvalue weighted by atomic mass is 16.6. The third-order valence-corrected chi connectivity index (χ3v) is 2.55. The number of benzene rings is 1. The van der Waals surface area contributed by atoms with Crippen molar-refractivity contribution in [2.75, 3.05) is 20.8 Å². The summed E-state index contributed by atoms with van der Waals surface area (Å²) in [5, 5.41) is 0. The predicted octanol–water partition coefficient (Wildman–Crippen LogP) is 1.70. The van der Waals surface area contributed by atoms with Gasteiger partial charge in [0.2, 0.25) is 0 Å². The lowest BCUT2D eigenvalue weighted by Crippen LogP contribution is -2.05.